The van der Waals surface area contributed by atoms with Gasteiger partial charge in [-0.25, -0.2) is 0 Å². The topological polar surface area (TPSA) is 64.7 Å². The highest BCUT2D eigenvalue weighted by Gasteiger charge is 2.28. The Balaban J connectivity index is 1.91. The van der Waals surface area contributed by atoms with E-state index in [2.05, 4.69) is 15.5 Å². The van der Waals surface area contributed by atoms with Gasteiger partial charge in [0.2, 0.25) is 5.91 Å². The summed E-state index contributed by atoms with van der Waals surface area (Å²) in [4.78, 5) is 12.0. The Morgan fingerprint density at radius 3 is 2.59 bits per heavy atom. The molecule has 0 aromatic carbocycles. The minimum atomic E-state index is -4.36. The van der Waals surface area contributed by atoms with E-state index in [1.165, 1.54) is 17.1 Å². The lowest BCUT2D eigenvalue weighted by atomic mass is 10.1. The van der Waals surface area contributed by atoms with Gasteiger partial charge in [0.25, 0.3) is 0 Å². The monoisotopic (exact) mass is 335 g/mol. The summed E-state index contributed by atoms with van der Waals surface area (Å²) in [7, 11) is 0. The van der Waals surface area contributed by atoms with E-state index in [0.29, 0.717) is 16.2 Å². The molecule has 10 heteroatoms. The second-order valence-corrected chi connectivity index (χ2v) is 5.25. The fourth-order valence-electron chi connectivity index (χ4n) is 1.77. The highest BCUT2D eigenvalue weighted by atomic mass is 35.5. The molecule has 0 aliphatic heterocycles. The van der Waals surface area contributed by atoms with E-state index in [0.717, 1.165) is 6.20 Å². The maximum atomic E-state index is 12.2. The Labute approximate surface area is 128 Å². The third-order valence-electron chi connectivity index (χ3n) is 2.75. The first kappa shape index (κ1) is 16.3. The van der Waals surface area contributed by atoms with Crippen LogP contribution in [0.4, 0.5) is 18.9 Å². The summed E-state index contributed by atoms with van der Waals surface area (Å²) >= 11 is 5.72. The second-order valence-electron chi connectivity index (χ2n) is 4.81. The molecule has 1 unspecified atom stereocenters. The largest absolute Gasteiger partial charge is 0.408 e. The average Bonchev–Trinajstić information content (AvgIpc) is 2.97. The second kappa shape index (κ2) is 6.39. The van der Waals surface area contributed by atoms with Crippen molar-refractivity contribution in [1.29, 1.82) is 0 Å². The number of hydrogen-bond acceptors (Lipinski definition) is 3. The molecule has 2 heterocycles. The van der Waals surface area contributed by atoms with Crippen LogP contribution < -0.4 is 5.32 Å². The summed E-state index contributed by atoms with van der Waals surface area (Å²) in [5, 5.41) is 10.5. The number of carbonyl (C=O) groups excluding carboxylic acids is 1. The molecule has 2 aromatic heterocycles. The summed E-state index contributed by atoms with van der Waals surface area (Å²) in [6.45, 7) is 0.768. The Morgan fingerprint density at radius 2 is 2.00 bits per heavy atom. The summed E-state index contributed by atoms with van der Waals surface area (Å²) in [6, 6.07) is 0. The molecule has 0 bridgehead atoms. The number of carbonyl (C=O) groups is 1. The number of amides is 1. The first-order chi connectivity index (χ1) is 10.2. The van der Waals surface area contributed by atoms with Gasteiger partial charge in [-0.15, -0.1) is 0 Å². The third-order valence-corrected chi connectivity index (χ3v) is 2.95. The summed E-state index contributed by atoms with van der Waals surface area (Å²) in [5.41, 5.74) is 0.208. The van der Waals surface area contributed by atoms with Crippen LogP contribution in [0.1, 0.15) is 6.92 Å². The van der Waals surface area contributed by atoms with Crippen molar-refractivity contribution in [2.24, 2.45) is 5.92 Å². The third kappa shape index (κ3) is 4.76. The van der Waals surface area contributed by atoms with E-state index >= 15 is 0 Å². The number of nitrogens with zero attached hydrogens (tertiary/aromatic N) is 4. The van der Waals surface area contributed by atoms with Crippen LogP contribution in [0, 0.1) is 5.92 Å². The molecule has 0 spiro atoms. The Kier molecular flexibility index (Phi) is 4.74. The van der Waals surface area contributed by atoms with Crippen molar-refractivity contribution < 1.29 is 18.0 Å². The van der Waals surface area contributed by atoms with Gasteiger partial charge in [-0.05, 0) is 0 Å². The van der Waals surface area contributed by atoms with Crippen molar-refractivity contribution in [3.8, 4) is 0 Å². The average molecular weight is 336 g/mol. The number of anilines is 1. The van der Waals surface area contributed by atoms with Crippen LogP contribution in [-0.4, -0.2) is 31.6 Å². The van der Waals surface area contributed by atoms with Crippen LogP contribution in [0.25, 0.3) is 0 Å². The Hall–Kier alpha value is -2.03. The van der Waals surface area contributed by atoms with Gasteiger partial charge in [-0.1, -0.05) is 18.5 Å². The lowest BCUT2D eigenvalue weighted by Gasteiger charge is -2.11. The molecule has 1 amide bonds. The summed E-state index contributed by atoms with van der Waals surface area (Å²) in [5.74, 6) is -0.792. The SMILES string of the molecule is CC(Cn1cc(Cl)cn1)C(=O)Nc1cnn(CC(F)(F)F)c1. The Bertz CT molecular complexity index is 651. The van der Waals surface area contributed by atoms with Crippen molar-refractivity contribution in [1.82, 2.24) is 19.6 Å². The smallest absolute Gasteiger partial charge is 0.323 e. The van der Waals surface area contributed by atoms with E-state index < -0.39 is 18.6 Å². The minimum absolute atomic E-state index is 0.208. The zero-order valence-corrected chi connectivity index (χ0v) is 12.3. The summed E-state index contributed by atoms with van der Waals surface area (Å²) in [6.07, 6.45) is 0.962. The minimum Gasteiger partial charge on any atom is -0.323 e. The zero-order valence-electron chi connectivity index (χ0n) is 11.5. The molecule has 0 saturated heterocycles. The molecule has 22 heavy (non-hydrogen) atoms. The first-order valence-corrected chi connectivity index (χ1v) is 6.69. The van der Waals surface area contributed by atoms with Crippen LogP contribution in [-0.2, 0) is 17.9 Å². The lowest BCUT2D eigenvalue weighted by Crippen LogP contribution is -2.24. The number of halogens is 4. The van der Waals surface area contributed by atoms with E-state index in [1.54, 1.807) is 13.1 Å². The molecule has 0 aliphatic rings. The molecular formula is C12H13ClF3N5O. The highest BCUT2D eigenvalue weighted by Crippen LogP contribution is 2.18. The molecular weight excluding hydrogens is 323 g/mol. The normalized spacial score (nSPS) is 13.1. The highest BCUT2D eigenvalue weighted by molar-refractivity contribution is 6.30. The van der Waals surface area contributed by atoms with Crippen LogP contribution in [0.2, 0.25) is 5.02 Å². The van der Waals surface area contributed by atoms with Gasteiger partial charge in [0.05, 0.1) is 35.6 Å². The molecule has 0 fully saturated rings. The van der Waals surface area contributed by atoms with E-state index in [4.69, 9.17) is 11.6 Å². The predicted octanol–water partition coefficient (Wildman–Crippen LogP) is 2.57. The van der Waals surface area contributed by atoms with E-state index in [1.807, 2.05) is 0 Å². The van der Waals surface area contributed by atoms with E-state index in [9.17, 15) is 18.0 Å². The molecule has 1 atom stereocenters. The quantitative estimate of drug-likeness (QED) is 0.913. The molecule has 0 aliphatic carbocycles. The van der Waals surface area contributed by atoms with Crippen molar-refractivity contribution >= 4 is 23.2 Å². The molecule has 2 aromatic rings. The van der Waals surface area contributed by atoms with E-state index in [-0.39, 0.29) is 11.6 Å². The Morgan fingerprint density at radius 1 is 1.32 bits per heavy atom. The first-order valence-electron chi connectivity index (χ1n) is 6.31. The maximum Gasteiger partial charge on any atom is 0.408 e. The standard InChI is InChI=1S/C12H13ClF3N5O/c1-8(4-20-5-9(13)2-17-20)11(22)19-10-3-18-21(6-10)7-12(14,15)16/h2-3,5-6,8H,4,7H2,1H3,(H,19,22). The van der Waals surface area contributed by atoms with Gasteiger partial charge in [-0.2, -0.15) is 23.4 Å². The number of nitrogens with one attached hydrogen (secondary N) is 1. The zero-order chi connectivity index (χ0) is 16.3. The van der Waals surface area contributed by atoms with Crippen LogP contribution in [0.5, 0.6) is 0 Å². The number of hydrogen-bond donors (Lipinski definition) is 1. The van der Waals surface area contributed by atoms with Crippen LogP contribution >= 0.6 is 11.6 Å². The van der Waals surface area contributed by atoms with Gasteiger partial charge in [0.1, 0.15) is 6.54 Å². The number of aromatic nitrogens is 4. The molecule has 0 saturated carbocycles. The fourth-order valence-corrected chi connectivity index (χ4v) is 1.92. The molecule has 6 nitrogen and oxygen atoms in total. The van der Waals surface area contributed by atoms with Crippen molar-refractivity contribution in [2.45, 2.75) is 26.2 Å². The van der Waals surface area contributed by atoms with Gasteiger partial charge in [-0.3, -0.25) is 14.2 Å². The molecule has 1 N–H and O–H groups in total. The van der Waals surface area contributed by atoms with Gasteiger partial charge in [0, 0.05) is 12.4 Å². The van der Waals surface area contributed by atoms with Crippen molar-refractivity contribution in [2.75, 3.05) is 5.32 Å². The van der Waals surface area contributed by atoms with Crippen molar-refractivity contribution in [3.05, 3.63) is 29.8 Å². The lowest BCUT2D eigenvalue weighted by molar-refractivity contribution is -0.142. The maximum absolute atomic E-state index is 12.2. The molecule has 2 rings (SSSR count). The van der Waals surface area contributed by atoms with Gasteiger partial charge >= 0.3 is 6.18 Å². The number of rotatable bonds is 5. The fraction of sp³-hybridized carbons (Fsp3) is 0.417. The summed E-state index contributed by atoms with van der Waals surface area (Å²) < 4.78 is 38.9. The van der Waals surface area contributed by atoms with Crippen LogP contribution in [0.3, 0.4) is 0 Å². The van der Waals surface area contributed by atoms with Crippen molar-refractivity contribution in [3.63, 3.8) is 0 Å². The molecule has 120 valence electrons. The van der Waals surface area contributed by atoms with Crippen LogP contribution in [0.15, 0.2) is 24.8 Å². The molecule has 0 radical (unpaired) electrons. The van der Waals surface area contributed by atoms with Gasteiger partial charge in [0.15, 0.2) is 0 Å². The van der Waals surface area contributed by atoms with Gasteiger partial charge < -0.3 is 5.32 Å². The predicted molar refractivity (Wildman–Crippen MR) is 73.3 cm³/mol. The number of alkyl halides is 3.